The molecule has 3 nitrogen and oxygen atoms in total. The van der Waals surface area contributed by atoms with Crippen LogP contribution in [-0.2, 0) is 0 Å². The lowest BCUT2D eigenvalue weighted by Crippen LogP contribution is -1.98. The summed E-state index contributed by atoms with van der Waals surface area (Å²) < 4.78 is 10.7. The van der Waals surface area contributed by atoms with Crippen molar-refractivity contribution >= 4 is 21.9 Å². The molecule has 3 heteroatoms. The minimum atomic E-state index is -0.334. The standard InChI is InChI=1S/C13H10O3/c1-7-3-4-10-9(5-7)12-11(16-10)6-8(2)15-13(12)14/h3-6H,1-2H3. The van der Waals surface area contributed by atoms with E-state index in [1.807, 2.05) is 25.1 Å². The number of rotatable bonds is 0. The fraction of sp³-hybridized carbons (Fsp3) is 0.154. The smallest absolute Gasteiger partial charge is 0.347 e. The van der Waals surface area contributed by atoms with Gasteiger partial charge in [0.05, 0.1) is 0 Å². The molecule has 0 saturated carbocycles. The number of hydrogen-bond donors (Lipinski definition) is 0. The van der Waals surface area contributed by atoms with Gasteiger partial charge in [-0.3, -0.25) is 0 Å². The maximum atomic E-state index is 11.8. The van der Waals surface area contributed by atoms with Crippen LogP contribution in [0, 0.1) is 13.8 Å². The molecule has 0 atom stereocenters. The lowest BCUT2D eigenvalue weighted by Gasteiger charge is -1.91. The van der Waals surface area contributed by atoms with Crippen LogP contribution in [0.3, 0.4) is 0 Å². The second kappa shape index (κ2) is 2.98. The van der Waals surface area contributed by atoms with E-state index in [2.05, 4.69) is 0 Å². The lowest BCUT2D eigenvalue weighted by atomic mass is 10.1. The number of furan rings is 1. The third kappa shape index (κ3) is 1.18. The Bertz CT molecular complexity index is 747. The van der Waals surface area contributed by atoms with Crippen molar-refractivity contribution in [3.8, 4) is 0 Å². The summed E-state index contributed by atoms with van der Waals surface area (Å²) in [5.41, 5.74) is 2.07. The maximum Gasteiger partial charge on any atom is 0.347 e. The van der Waals surface area contributed by atoms with E-state index in [9.17, 15) is 4.79 Å². The van der Waals surface area contributed by atoms with Gasteiger partial charge in [-0.15, -0.1) is 0 Å². The molecule has 2 aromatic heterocycles. The summed E-state index contributed by atoms with van der Waals surface area (Å²) >= 11 is 0. The molecule has 80 valence electrons. The van der Waals surface area contributed by atoms with Crippen LogP contribution in [0.2, 0.25) is 0 Å². The van der Waals surface area contributed by atoms with Gasteiger partial charge in [0.1, 0.15) is 22.3 Å². The Hall–Kier alpha value is -2.03. The van der Waals surface area contributed by atoms with E-state index < -0.39 is 0 Å². The molecular formula is C13H10O3. The van der Waals surface area contributed by atoms with E-state index in [1.165, 1.54) is 0 Å². The molecule has 0 N–H and O–H groups in total. The minimum absolute atomic E-state index is 0.334. The minimum Gasteiger partial charge on any atom is -0.456 e. The van der Waals surface area contributed by atoms with E-state index in [0.29, 0.717) is 16.7 Å². The van der Waals surface area contributed by atoms with Crippen molar-refractivity contribution < 1.29 is 8.83 Å². The molecule has 0 saturated heterocycles. The highest BCUT2D eigenvalue weighted by molar-refractivity contribution is 6.04. The Morgan fingerprint density at radius 3 is 2.62 bits per heavy atom. The molecule has 1 aromatic carbocycles. The Morgan fingerprint density at radius 2 is 1.81 bits per heavy atom. The van der Waals surface area contributed by atoms with E-state index in [1.54, 1.807) is 13.0 Å². The monoisotopic (exact) mass is 214 g/mol. The lowest BCUT2D eigenvalue weighted by molar-refractivity contribution is 0.486. The van der Waals surface area contributed by atoms with Gasteiger partial charge < -0.3 is 8.83 Å². The van der Waals surface area contributed by atoms with Crippen molar-refractivity contribution in [1.29, 1.82) is 0 Å². The van der Waals surface area contributed by atoms with Crippen molar-refractivity contribution in [1.82, 2.24) is 0 Å². The van der Waals surface area contributed by atoms with Crippen molar-refractivity contribution in [3.05, 3.63) is 46.0 Å². The topological polar surface area (TPSA) is 43.4 Å². The average Bonchev–Trinajstić information content (AvgIpc) is 2.54. The van der Waals surface area contributed by atoms with Crippen molar-refractivity contribution in [2.24, 2.45) is 0 Å². The molecule has 0 spiro atoms. The van der Waals surface area contributed by atoms with Crippen molar-refractivity contribution in [3.63, 3.8) is 0 Å². The van der Waals surface area contributed by atoms with Crippen LogP contribution in [0.25, 0.3) is 21.9 Å². The van der Waals surface area contributed by atoms with Gasteiger partial charge in [-0.2, -0.15) is 0 Å². The normalized spacial score (nSPS) is 11.4. The highest BCUT2D eigenvalue weighted by Gasteiger charge is 2.12. The summed E-state index contributed by atoms with van der Waals surface area (Å²) in [4.78, 5) is 11.8. The fourth-order valence-electron chi connectivity index (χ4n) is 1.95. The van der Waals surface area contributed by atoms with Gasteiger partial charge >= 0.3 is 5.63 Å². The van der Waals surface area contributed by atoms with Crippen LogP contribution in [0.4, 0.5) is 0 Å². The average molecular weight is 214 g/mol. The second-order valence-electron chi connectivity index (χ2n) is 3.99. The summed E-state index contributed by atoms with van der Waals surface area (Å²) in [5, 5.41) is 1.35. The Morgan fingerprint density at radius 1 is 1.00 bits per heavy atom. The summed E-state index contributed by atoms with van der Waals surface area (Å²) in [6, 6.07) is 7.51. The van der Waals surface area contributed by atoms with E-state index in [4.69, 9.17) is 8.83 Å². The molecule has 3 rings (SSSR count). The number of benzene rings is 1. The molecule has 0 aliphatic carbocycles. The molecular weight excluding hydrogens is 204 g/mol. The predicted octanol–water partition coefficient (Wildman–Crippen LogP) is 3.16. The van der Waals surface area contributed by atoms with Crippen molar-refractivity contribution in [2.75, 3.05) is 0 Å². The van der Waals surface area contributed by atoms with Gasteiger partial charge in [-0.1, -0.05) is 11.6 Å². The molecule has 0 unspecified atom stereocenters. The zero-order valence-electron chi connectivity index (χ0n) is 9.03. The molecule has 0 aliphatic heterocycles. The van der Waals surface area contributed by atoms with Gasteiger partial charge in [0.15, 0.2) is 0 Å². The molecule has 0 radical (unpaired) electrons. The quantitative estimate of drug-likeness (QED) is 0.577. The summed E-state index contributed by atoms with van der Waals surface area (Å²) in [5.74, 6) is 0.563. The zero-order chi connectivity index (χ0) is 11.3. The SMILES string of the molecule is Cc1ccc2oc3cc(C)oc(=O)c3c2c1. The van der Waals surface area contributed by atoms with Crippen LogP contribution >= 0.6 is 0 Å². The fourth-order valence-corrected chi connectivity index (χ4v) is 1.95. The molecule has 16 heavy (non-hydrogen) atoms. The van der Waals surface area contributed by atoms with Crippen LogP contribution < -0.4 is 5.63 Å². The molecule has 0 aliphatic rings. The Balaban J connectivity index is 2.63. The summed E-state index contributed by atoms with van der Waals surface area (Å²) in [6.45, 7) is 3.72. The van der Waals surface area contributed by atoms with E-state index in [0.717, 1.165) is 16.5 Å². The van der Waals surface area contributed by atoms with Gasteiger partial charge in [0, 0.05) is 11.5 Å². The first-order chi connectivity index (χ1) is 7.65. The molecule has 0 bridgehead atoms. The molecule has 3 aromatic rings. The summed E-state index contributed by atoms with van der Waals surface area (Å²) in [6.07, 6.45) is 0. The van der Waals surface area contributed by atoms with Crippen LogP contribution in [0.5, 0.6) is 0 Å². The van der Waals surface area contributed by atoms with E-state index >= 15 is 0 Å². The third-order valence-electron chi connectivity index (χ3n) is 2.66. The van der Waals surface area contributed by atoms with Gasteiger partial charge in [-0.25, -0.2) is 4.79 Å². The molecule has 0 fully saturated rings. The zero-order valence-corrected chi connectivity index (χ0v) is 9.03. The Labute approximate surface area is 91.3 Å². The predicted molar refractivity (Wildman–Crippen MR) is 61.7 cm³/mol. The molecule has 2 heterocycles. The van der Waals surface area contributed by atoms with Gasteiger partial charge in [0.2, 0.25) is 0 Å². The summed E-state index contributed by atoms with van der Waals surface area (Å²) in [7, 11) is 0. The number of fused-ring (bicyclic) bond motifs is 3. The van der Waals surface area contributed by atoms with Crippen LogP contribution in [0.1, 0.15) is 11.3 Å². The van der Waals surface area contributed by atoms with Crippen LogP contribution in [0.15, 0.2) is 37.9 Å². The number of hydrogen-bond acceptors (Lipinski definition) is 3. The van der Waals surface area contributed by atoms with Gasteiger partial charge in [-0.05, 0) is 26.0 Å². The Kier molecular flexibility index (Phi) is 1.72. The first-order valence-corrected chi connectivity index (χ1v) is 5.09. The van der Waals surface area contributed by atoms with Gasteiger partial charge in [0.25, 0.3) is 0 Å². The molecule has 0 amide bonds. The maximum absolute atomic E-state index is 11.8. The largest absolute Gasteiger partial charge is 0.456 e. The number of aryl methyl sites for hydroxylation is 2. The van der Waals surface area contributed by atoms with E-state index in [-0.39, 0.29) is 5.63 Å². The first kappa shape index (κ1) is 9.21. The highest BCUT2D eigenvalue weighted by Crippen LogP contribution is 2.27. The van der Waals surface area contributed by atoms with Crippen LogP contribution in [-0.4, -0.2) is 0 Å². The first-order valence-electron chi connectivity index (χ1n) is 5.09. The third-order valence-corrected chi connectivity index (χ3v) is 2.66. The second-order valence-corrected chi connectivity index (χ2v) is 3.99. The van der Waals surface area contributed by atoms with Crippen molar-refractivity contribution in [2.45, 2.75) is 13.8 Å². The highest BCUT2D eigenvalue weighted by atomic mass is 16.4.